The highest BCUT2D eigenvalue weighted by Crippen LogP contribution is 2.33. The number of hydrogen-bond donors (Lipinski definition) is 1. The molecule has 0 spiro atoms. The van der Waals surface area contributed by atoms with Crippen LogP contribution in [0.5, 0.6) is 0 Å². The van der Waals surface area contributed by atoms with Gasteiger partial charge in [0.2, 0.25) is 5.91 Å². The number of rotatable bonds is 4. The summed E-state index contributed by atoms with van der Waals surface area (Å²) in [6.07, 6.45) is 0.610. The second-order valence-electron chi connectivity index (χ2n) is 5.34. The summed E-state index contributed by atoms with van der Waals surface area (Å²) in [7, 11) is 0. The number of hydrogen-bond acceptors (Lipinski definition) is 4. The molecule has 0 atom stereocenters. The zero-order valence-electron chi connectivity index (χ0n) is 13.5. The molecular formula is C17H13F3N4O2. The zero-order valence-corrected chi connectivity index (χ0v) is 13.5. The smallest absolute Gasteiger partial charge is 0.416 e. The van der Waals surface area contributed by atoms with E-state index in [2.05, 4.69) is 15.4 Å². The number of carbonyl (C=O) groups excluding carboxylic acids is 1. The first-order chi connectivity index (χ1) is 12.3. The maximum Gasteiger partial charge on any atom is 0.416 e. The Labute approximate surface area is 146 Å². The molecule has 0 aliphatic carbocycles. The predicted octanol–water partition coefficient (Wildman–Crippen LogP) is 3.84. The molecule has 3 rings (SSSR count). The van der Waals surface area contributed by atoms with Crippen molar-refractivity contribution in [3.05, 3.63) is 66.1 Å². The van der Waals surface area contributed by atoms with Crippen LogP contribution in [0.15, 0.2) is 53.5 Å². The number of benzene rings is 1. The second-order valence-corrected chi connectivity index (χ2v) is 5.34. The standard InChI is InChI=1S/C17H13F3N4O2/c1-11-2-4-13(26-11)5-7-16(25)23-14-8-12(17(18,19)20)3-6-15(14)24-10-21-9-22-24/h2-10H,1H3,(H,23,25)/b7-5+. The predicted molar refractivity (Wildman–Crippen MR) is 87.5 cm³/mol. The van der Waals surface area contributed by atoms with Crippen molar-refractivity contribution in [3.8, 4) is 5.69 Å². The molecule has 0 radical (unpaired) electrons. The minimum absolute atomic E-state index is 0.0457. The molecule has 0 aliphatic rings. The van der Waals surface area contributed by atoms with Gasteiger partial charge >= 0.3 is 6.18 Å². The van der Waals surface area contributed by atoms with Gasteiger partial charge in [-0.3, -0.25) is 4.79 Å². The van der Waals surface area contributed by atoms with Crippen molar-refractivity contribution in [2.45, 2.75) is 13.1 Å². The average molecular weight is 362 g/mol. The molecule has 2 aromatic heterocycles. The average Bonchev–Trinajstić information content (AvgIpc) is 3.24. The highest BCUT2D eigenvalue weighted by atomic mass is 19.4. The van der Waals surface area contributed by atoms with Crippen molar-refractivity contribution in [2.24, 2.45) is 0 Å². The Bertz CT molecular complexity index is 943. The van der Waals surface area contributed by atoms with Gasteiger partial charge in [-0.1, -0.05) is 0 Å². The fraction of sp³-hybridized carbons (Fsp3) is 0.118. The van der Waals surface area contributed by atoms with Crippen LogP contribution in [0.2, 0.25) is 0 Å². The van der Waals surface area contributed by atoms with E-state index in [0.717, 1.165) is 12.1 Å². The van der Waals surface area contributed by atoms with E-state index in [-0.39, 0.29) is 11.4 Å². The summed E-state index contributed by atoms with van der Waals surface area (Å²) in [5, 5.41) is 6.31. The number of carbonyl (C=O) groups is 1. The minimum Gasteiger partial charge on any atom is -0.462 e. The fourth-order valence-electron chi connectivity index (χ4n) is 2.22. The summed E-state index contributed by atoms with van der Waals surface area (Å²) in [6.45, 7) is 1.75. The molecule has 0 unspecified atom stereocenters. The third-order valence-electron chi connectivity index (χ3n) is 3.41. The number of furan rings is 1. The van der Waals surface area contributed by atoms with Crippen LogP contribution < -0.4 is 5.32 Å². The normalized spacial score (nSPS) is 11.8. The van der Waals surface area contributed by atoms with Gasteiger partial charge in [0.15, 0.2) is 0 Å². The van der Waals surface area contributed by atoms with Gasteiger partial charge in [0.25, 0.3) is 0 Å². The van der Waals surface area contributed by atoms with E-state index in [1.54, 1.807) is 19.1 Å². The molecule has 0 saturated heterocycles. The number of nitrogens with zero attached hydrogens (tertiary/aromatic N) is 3. The highest BCUT2D eigenvalue weighted by molar-refractivity contribution is 6.03. The number of anilines is 1. The van der Waals surface area contributed by atoms with E-state index in [1.807, 2.05) is 0 Å². The lowest BCUT2D eigenvalue weighted by molar-refractivity contribution is -0.137. The molecule has 1 aromatic carbocycles. The number of halogens is 3. The van der Waals surface area contributed by atoms with E-state index >= 15 is 0 Å². The quantitative estimate of drug-likeness (QED) is 0.716. The van der Waals surface area contributed by atoms with Crippen LogP contribution >= 0.6 is 0 Å². The topological polar surface area (TPSA) is 73.0 Å². The SMILES string of the molecule is Cc1ccc(/C=C/C(=O)Nc2cc(C(F)(F)F)ccc2-n2cncn2)o1. The third-order valence-corrected chi connectivity index (χ3v) is 3.41. The molecule has 0 fully saturated rings. The highest BCUT2D eigenvalue weighted by Gasteiger charge is 2.31. The van der Waals surface area contributed by atoms with Crippen LogP contribution in [-0.4, -0.2) is 20.7 Å². The van der Waals surface area contributed by atoms with Crippen LogP contribution in [0.3, 0.4) is 0 Å². The van der Waals surface area contributed by atoms with Crippen molar-refractivity contribution >= 4 is 17.7 Å². The Morgan fingerprint density at radius 1 is 1.27 bits per heavy atom. The molecule has 134 valence electrons. The van der Waals surface area contributed by atoms with E-state index in [1.165, 1.54) is 35.6 Å². The Balaban J connectivity index is 1.88. The first-order valence-corrected chi connectivity index (χ1v) is 7.45. The molecule has 26 heavy (non-hydrogen) atoms. The molecular weight excluding hydrogens is 349 g/mol. The minimum atomic E-state index is -4.54. The summed E-state index contributed by atoms with van der Waals surface area (Å²) >= 11 is 0. The first-order valence-electron chi connectivity index (χ1n) is 7.45. The molecule has 3 aromatic rings. The largest absolute Gasteiger partial charge is 0.462 e. The second kappa shape index (κ2) is 6.87. The molecule has 1 N–H and O–H groups in total. The van der Waals surface area contributed by atoms with E-state index < -0.39 is 17.6 Å². The van der Waals surface area contributed by atoms with Crippen molar-refractivity contribution in [2.75, 3.05) is 5.32 Å². The van der Waals surface area contributed by atoms with E-state index in [4.69, 9.17) is 4.42 Å². The molecule has 0 aliphatic heterocycles. The van der Waals surface area contributed by atoms with Gasteiger partial charge in [-0.15, -0.1) is 0 Å². The molecule has 0 bridgehead atoms. The zero-order chi connectivity index (χ0) is 18.7. The summed E-state index contributed by atoms with van der Waals surface area (Å²) in [5.41, 5.74) is -0.677. The van der Waals surface area contributed by atoms with Crippen LogP contribution in [0, 0.1) is 6.92 Å². The lowest BCUT2D eigenvalue weighted by atomic mass is 10.1. The number of aryl methyl sites for hydroxylation is 1. The van der Waals surface area contributed by atoms with Crippen molar-refractivity contribution in [3.63, 3.8) is 0 Å². The lowest BCUT2D eigenvalue weighted by Crippen LogP contribution is -2.13. The van der Waals surface area contributed by atoms with E-state index in [0.29, 0.717) is 11.5 Å². The van der Waals surface area contributed by atoms with Crippen molar-refractivity contribution in [1.29, 1.82) is 0 Å². The van der Waals surface area contributed by atoms with Crippen LogP contribution in [-0.2, 0) is 11.0 Å². The molecule has 2 heterocycles. The van der Waals surface area contributed by atoms with Crippen LogP contribution in [0.25, 0.3) is 11.8 Å². The number of nitrogens with one attached hydrogen (secondary N) is 1. The third kappa shape index (κ3) is 4.00. The summed E-state index contributed by atoms with van der Waals surface area (Å²) in [4.78, 5) is 15.9. The molecule has 9 heteroatoms. The maximum atomic E-state index is 13.0. The van der Waals surface area contributed by atoms with Crippen molar-refractivity contribution in [1.82, 2.24) is 14.8 Å². The van der Waals surface area contributed by atoms with Gasteiger partial charge in [0.05, 0.1) is 16.9 Å². The van der Waals surface area contributed by atoms with Gasteiger partial charge in [-0.05, 0) is 43.3 Å². The Morgan fingerprint density at radius 2 is 2.08 bits per heavy atom. The van der Waals surface area contributed by atoms with Gasteiger partial charge in [0, 0.05) is 6.08 Å². The number of aromatic nitrogens is 3. The van der Waals surface area contributed by atoms with Crippen LogP contribution in [0.4, 0.5) is 18.9 Å². The van der Waals surface area contributed by atoms with Crippen LogP contribution in [0.1, 0.15) is 17.1 Å². The fourth-order valence-corrected chi connectivity index (χ4v) is 2.22. The maximum absolute atomic E-state index is 13.0. The first kappa shape index (κ1) is 17.5. The Hall–Kier alpha value is -3.36. The summed E-state index contributed by atoms with van der Waals surface area (Å²) in [5.74, 6) is 0.523. The number of amides is 1. The lowest BCUT2D eigenvalue weighted by Gasteiger charge is -2.13. The molecule has 6 nitrogen and oxygen atoms in total. The summed E-state index contributed by atoms with van der Waals surface area (Å²) in [6, 6.07) is 6.37. The van der Waals surface area contributed by atoms with Gasteiger partial charge < -0.3 is 9.73 Å². The van der Waals surface area contributed by atoms with Gasteiger partial charge in [0.1, 0.15) is 24.2 Å². The van der Waals surface area contributed by atoms with Gasteiger partial charge in [-0.2, -0.15) is 18.3 Å². The molecule has 0 saturated carbocycles. The Morgan fingerprint density at radius 3 is 2.69 bits per heavy atom. The van der Waals surface area contributed by atoms with Crippen molar-refractivity contribution < 1.29 is 22.4 Å². The van der Waals surface area contributed by atoms with Gasteiger partial charge in [-0.25, -0.2) is 9.67 Å². The monoisotopic (exact) mass is 362 g/mol. The number of alkyl halides is 3. The summed E-state index contributed by atoms with van der Waals surface area (Å²) < 4.78 is 45.5. The molecule has 1 amide bonds. The van der Waals surface area contributed by atoms with E-state index in [9.17, 15) is 18.0 Å². The Kier molecular flexibility index (Phi) is 4.61.